The van der Waals surface area contributed by atoms with Crippen molar-refractivity contribution in [2.24, 2.45) is 5.92 Å². The maximum absolute atomic E-state index is 12.4. The molecule has 0 bridgehead atoms. The van der Waals surface area contributed by atoms with E-state index in [-0.39, 0.29) is 17.5 Å². The Morgan fingerprint density at radius 3 is 2.60 bits per heavy atom. The molecule has 0 radical (unpaired) electrons. The molecular formula is C16H20O3S. The van der Waals surface area contributed by atoms with Gasteiger partial charge in [-0.2, -0.15) is 0 Å². The van der Waals surface area contributed by atoms with Gasteiger partial charge in [-0.05, 0) is 61.8 Å². The molecule has 0 aliphatic heterocycles. The van der Waals surface area contributed by atoms with Crippen molar-refractivity contribution in [2.75, 3.05) is 5.75 Å². The van der Waals surface area contributed by atoms with Gasteiger partial charge in [0.25, 0.3) is 0 Å². The molecule has 2 aliphatic carbocycles. The van der Waals surface area contributed by atoms with E-state index in [0.29, 0.717) is 17.7 Å². The second-order valence-corrected chi connectivity index (χ2v) is 8.06. The largest absolute Gasteiger partial charge is 0.299 e. The third kappa shape index (κ3) is 2.66. The lowest BCUT2D eigenvalue weighted by Gasteiger charge is -2.10. The predicted octanol–water partition coefficient (Wildman–Crippen LogP) is 2.71. The van der Waals surface area contributed by atoms with Gasteiger partial charge in [0.05, 0.1) is 10.6 Å². The van der Waals surface area contributed by atoms with Gasteiger partial charge in [0.15, 0.2) is 9.84 Å². The molecule has 1 aromatic rings. The summed E-state index contributed by atoms with van der Waals surface area (Å²) in [7, 11) is -3.24. The van der Waals surface area contributed by atoms with E-state index in [4.69, 9.17) is 0 Å². The number of hydrogen-bond acceptors (Lipinski definition) is 3. The molecule has 1 unspecified atom stereocenters. The summed E-state index contributed by atoms with van der Waals surface area (Å²) >= 11 is 0. The molecule has 0 spiro atoms. The monoisotopic (exact) mass is 292 g/mol. The Balaban J connectivity index is 1.73. The van der Waals surface area contributed by atoms with Crippen molar-refractivity contribution in [3.8, 4) is 0 Å². The molecule has 1 saturated carbocycles. The number of carbonyl (C=O) groups is 1. The van der Waals surface area contributed by atoms with Crippen LogP contribution >= 0.6 is 0 Å². The summed E-state index contributed by atoms with van der Waals surface area (Å²) in [6.07, 6.45) is 6.06. The first-order chi connectivity index (χ1) is 9.56. The maximum atomic E-state index is 12.4. The highest BCUT2D eigenvalue weighted by Crippen LogP contribution is 2.28. The molecule has 3 rings (SSSR count). The Hall–Kier alpha value is -1.16. The van der Waals surface area contributed by atoms with Gasteiger partial charge in [0.1, 0.15) is 5.78 Å². The minimum absolute atomic E-state index is 0.0285. The van der Waals surface area contributed by atoms with E-state index in [1.165, 1.54) is 11.1 Å². The van der Waals surface area contributed by atoms with Crippen molar-refractivity contribution in [1.82, 2.24) is 0 Å². The molecule has 4 heteroatoms. The van der Waals surface area contributed by atoms with Gasteiger partial charge < -0.3 is 0 Å². The molecular weight excluding hydrogens is 272 g/mol. The van der Waals surface area contributed by atoms with Crippen LogP contribution in [0.3, 0.4) is 0 Å². The van der Waals surface area contributed by atoms with Gasteiger partial charge in [-0.15, -0.1) is 0 Å². The third-order valence-corrected chi connectivity index (χ3v) is 6.34. The van der Waals surface area contributed by atoms with Crippen LogP contribution < -0.4 is 0 Å². The lowest BCUT2D eigenvalue weighted by atomic mass is 10.1. The molecule has 0 N–H and O–H groups in total. The fraction of sp³-hybridized carbons (Fsp3) is 0.562. The van der Waals surface area contributed by atoms with Crippen molar-refractivity contribution in [3.05, 3.63) is 29.3 Å². The van der Waals surface area contributed by atoms with Crippen LogP contribution in [-0.2, 0) is 27.5 Å². The molecule has 0 saturated heterocycles. The van der Waals surface area contributed by atoms with Crippen molar-refractivity contribution in [1.29, 1.82) is 0 Å². The Labute approximate surface area is 120 Å². The third-order valence-electron chi connectivity index (χ3n) is 4.60. The number of aryl methyl sites for hydroxylation is 2. The molecule has 108 valence electrons. The summed E-state index contributed by atoms with van der Waals surface area (Å²) in [6, 6.07) is 5.53. The maximum Gasteiger partial charge on any atom is 0.178 e. The van der Waals surface area contributed by atoms with Gasteiger partial charge in [0.2, 0.25) is 0 Å². The van der Waals surface area contributed by atoms with E-state index in [0.717, 1.165) is 32.1 Å². The number of rotatable bonds is 4. The number of fused-ring (bicyclic) bond motifs is 1. The normalized spacial score (nSPS) is 22.2. The van der Waals surface area contributed by atoms with E-state index >= 15 is 0 Å². The van der Waals surface area contributed by atoms with Gasteiger partial charge in [0, 0.05) is 12.3 Å². The lowest BCUT2D eigenvalue weighted by molar-refractivity contribution is -0.120. The standard InChI is InChI=1S/C16H20O3S/c17-16-6-2-4-13(16)9-10-20(18,19)15-8-7-12-3-1-5-14(12)11-15/h7-8,11,13H,1-6,9-10H2. The van der Waals surface area contributed by atoms with E-state index in [1.54, 1.807) is 6.07 Å². The number of sulfone groups is 1. The average Bonchev–Trinajstić information content (AvgIpc) is 3.04. The number of carbonyl (C=O) groups excluding carboxylic acids is 1. The zero-order valence-electron chi connectivity index (χ0n) is 11.6. The summed E-state index contributed by atoms with van der Waals surface area (Å²) < 4.78 is 24.8. The molecule has 0 aromatic heterocycles. The minimum Gasteiger partial charge on any atom is -0.299 e. The number of benzene rings is 1. The number of Topliss-reactive ketones (excluding diaryl/α,β-unsaturated/α-hetero) is 1. The minimum atomic E-state index is -3.24. The van der Waals surface area contributed by atoms with Crippen LogP contribution in [0, 0.1) is 5.92 Å². The zero-order valence-corrected chi connectivity index (χ0v) is 12.4. The fourth-order valence-electron chi connectivity index (χ4n) is 3.35. The fourth-order valence-corrected chi connectivity index (χ4v) is 4.78. The summed E-state index contributed by atoms with van der Waals surface area (Å²) in [5, 5.41) is 0. The second-order valence-electron chi connectivity index (χ2n) is 5.95. The first kappa shape index (κ1) is 13.8. The molecule has 1 aromatic carbocycles. The Morgan fingerprint density at radius 2 is 1.85 bits per heavy atom. The predicted molar refractivity (Wildman–Crippen MR) is 77.5 cm³/mol. The van der Waals surface area contributed by atoms with Crippen LogP contribution in [0.4, 0.5) is 0 Å². The van der Waals surface area contributed by atoms with Crippen LogP contribution in [-0.4, -0.2) is 20.0 Å². The van der Waals surface area contributed by atoms with Crippen LogP contribution in [0.1, 0.15) is 43.2 Å². The second kappa shape index (κ2) is 5.32. The van der Waals surface area contributed by atoms with Crippen LogP contribution in [0.2, 0.25) is 0 Å². The highest BCUT2D eigenvalue weighted by Gasteiger charge is 2.27. The first-order valence-corrected chi connectivity index (χ1v) is 9.09. The van der Waals surface area contributed by atoms with Gasteiger partial charge in [-0.1, -0.05) is 6.07 Å². The van der Waals surface area contributed by atoms with Gasteiger partial charge >= 0.3 is 0 Å². The molecule has 20 heavy (non-hydrogen) atoms. The van der Waals surface area contributed by atoms with Gasteiger partial charge in [-0.25, -0.2) is 8.42 Å². The highest BCUT2D eigenvalue weighted by atomic mass is 32.2. The van der Waals surface area contributed by atoms with Crippen molar-refractivity contribution in [2.45, 2.75) is 49.8 Å². The molecule has 3 nitrogen and oxygen atoms in total. The summed E-state index contributed by atoms with van der Waals surface area (Å²) in [5.74, 6) is 0.315. The van der Waals surface area contributed by atoms with E-state index in [1.807, 2.05) is 12.1 Å². The van der Waals surface area contributed by atoms with E-state index in [2.05, 4.69) is 0 Å². The van der Waals surface area contributed by atoms with E-state index < -0.39 is 9.84 Å². The Morgan fingerprint density at radius 1 is 1.05 bits per heavy atom. The number of ketones is 1. The summed E-state index contributed by atoms with van der Waals surface area (Å²) in [4.78, 5) is 12.0. The Kier molecular flexibility index (Phi) is 3.67. The highest BCUT2D eigenvalue weighted by molar-refractivity contribution is 7.91. The summed E-state index contributed by atoms with van der Waals surface area (Å²) in [6.45, 7) is 0. The van der Waals surface area contributed by atoms with E-state index in [9.17, 15) is 13.2 Å². The molecule has 2 aliphatic rings. The molecule has 1 fully saturated rings. The van der Waals surface area contributed by atoms with Crippen molar-refractivity contribution >= 4 is 15.6 Å². The molecule has 0 amide bonds. The molecule has 1 atom stereocenters. The summed E-state index contributed by atoms with van der Waals surface area (Å²) in [5.41, 5.74) is 2.47. The Bertz CT molecular complexity index is 631. The smallest absolute Gasteiger partial charge is 0.178 e. The van der Waals surface area contributed by atoms with Gasteiger partial charge in [-0.3, -0.25) is 4.79 Å². The SMILES string of the molecule is O=C1CCCC1CCS(=O)(=O)c1ccc2c(c1)CCC2. The average molecular weight is 292 g/mol. The van der Waals surface area contributed by atoms with Crippen LogP contribution in [0.25, 0.3) is 0 Å². The zero-order chi connectivity index (χ0) is 14.2. The van der Waals surface area contributed by atoms with Crippen LogP contribution in [0.15, 0.2) is 23.1 Å². The number of hydrogen-bond donors (Lipinski definition) is 0. The topological polar surface area (TPSA) is 51.2 Å². The van der Waals surface area contributed by atoms with Crippen LogP contribution in [0.5, 0.6) is 0 Å². The quantitative estimate of drug-likeness (QED) is 0.857. The molecule has 0 heterocycles. The first-order valence-electron chi connectivity index (χ1n) is 7.43. The lowest BCUT2D eigenvalue weighted by Crippen LogP contribution is -2.14. The van der Waals surface area contributed by atoms with Crippen molar-refractivity contribution in [3.63, 3.8) is 0 Å². The van der Waals surface area contributed by atoms with Crippen molar-refractivity contribution < 1.29 is 13.2 Å².